The van der Waals surface area contributed by atoms with Crippen molar-refractivity contribution in [3.63, 3.8) is 0 Å². The highest BCUT2D eigenvalue weighted by atomic mass is 19.4. The molecule has 2 saturated heterocycles. The Hall–Kier alpha value is -3.69. The highest BCUT2D eigenvalue weighted by Crippen LogP contribution is 2.33. The molecule has 0 radical (unpaired) electrons. The van der Waals surface area contributed by atoms with Gasteiger partial charge >= 0.3 is 12.1 Å². The van der Waals surface area contributed by atoms with E-state index in [9.17, 15) is 18.0 Å². The first kappa shape index (κ1) is 29.9. The summed E-state index contributed by atoms with van der Waals surface area (Å²) >= 11 is 0. The molecule has 0 bridgehead atoms. The van der Waals surface area contributed by atoms with E-state index in [0.29, 0.717) is 44.8 Å². The van der Waals surface area contributed by atoms with Crippen molar-refractivity contribution in [2.45, 2.75) is 50.5 Å². The fourth-order valence-corrected chi connectivity index (χ4v) is 4.45. The SMILES string of the molecule is Cc1ccccc1CCC(=O)N1CCOC[C@]2(CC[C@@H](CNc3ccc(C#N)cn3)O2)C1.O=C(O)C(F)(F)F. The maximum absolute atomic E-state index is 13.0. The van der Waals surface area contributed by atoms with Crippen LogP contribution in [0.15, 0.2) is 42.6 Å². The van der Waals surface area contributed by atoms with Crippen LogP contribution in [0.2, 0.25) is 0 Å². The average molecular weight is 549 g/mol. The van der Waals surface area contributed by atoms with Crippen molar-refractivity contribution in [3.8, 4) is 6.07 Å². The molecular formula is C27H31F3N4O5. The van der Waals surface area contributed by atoms with Gasteiger partial charge in [-0.3, -0.25) is 4.79 Å². The summed E-state index contributed by atoms with van der Waals surface area (Å²) in [5.41, 5.74) is 2.54. The summed E-state index contributed by atoms with van der Waals surface area (Å²) in [7, 11) is 0. The van der Waals surface area contributed by atoms with E-state index in [0.717, 1.165) is 25.1 Å². The van der Waals surface area contributed by atoms with Gasteiger partial charge < -0.3 is 24.8 Å². The zero-order chi connectivity index (χ0) is 28.5. The minimum Gasteiger partial charge on any atom is -0.475 e. The van der Waals surface area contributed by atoms with Gasteiger partial charge in [-0.15, -0.1) is 0 Å². The first-order valence-electron chi connectivity index (χ1n) is 12.5. The van der Waals surface area contributed by atoms with Crippen LogP contribution in [0.25, 0.3) is 0 Å². The van der Waals surface area contributed by atoms with E-state index >= 15 is 0 Å². The number of halogens is 3. The van der Waals surface area contributed by atoms with Crippen molar-refractivity contribution in [3.05, 3.63) is 59.3 Å². The molecule has 3 heterocycles. The molecule has 12 heteroatoms. The van der Waals surface area contributed by atoms with Gasteiger partial charge in [0.25, 0.3) is 0 Å². The van der Waals surface area contributed by atoms with Crippen LogP contribution in [-0.2, 0) is 25.5 Å². The second-order valence-corrected chi connectivity index (χ2v) is 9.48. The minimum atomic E-state index is -5.08. The molecule has 2 atom stereocenters. The lowest BCUT2D eigenvalue weighted by Gasteiger charge is -2.32. The Morgan fingerprint density at radius 1 is 1.28 bits per heavy atom. The zero-order valence-corrected chi connectivity index (χ0v) is 21.5. The number of hydrogen-bond donors (Lipinski definition) is 2. The molecule has 0 aliphatic carbocycles. The molecule has 2 aliphatic rings. The molecule has 39 heavy (non-hydrogen) atoms. The number of ether oxygens (including phenoxy) is 2. The van der Waals surface area contributed by atoms with Gasteiger partial charge in [0, 0.05) is 25.7 Å². The summed E-state index contributed by atoms with van der Waals surface area (Å²) in [6.07, 6.45) is -0.492. The predicted molar refractivity (Wildman–Crippen MR) is 135 cm³/mol. The molecule has 4 rings (SSSR count). The van der Waals surface area contributed by atoms with Crippen LogP contribution in [0.4, 0.5) is 19.0 Å². The Labute approximate surface area is 224 Å². The van der Waals surface area contributed by atoms with Gasteiger partial charge in [-0.05, 0) is 49.4 Å². The number of nitriles is 1. The van der Waals surface area contributed by atoms with Gasteiger partial charge in [-0.2, -0.15) is 18.4 Å². The molecule has 2 aromatic rings. The Morgan fingerprint density at radius 3 is 2.67 bits per heavy atom. The second-order valence-electron chi connectivity index (χ2n) is 9.48. The number of carbonyl (C=O) groups is 2. The van der Waals surface area contributed by atoms with Gasteiger partial charge in [0.15, 0.2) is 0 Å². The Kier molecular flexibility index (Phi) is 10.3. The van der Waals surface area contributed by atoms with Crippen molar-refractivity contribution < 1.29 is 37.3 Å². The number of aliphatic carboxylic acids is 1. The molecule has 1 aromatic heterocycles. The Balaban J connectivity index is 0.000000532. The van der Waals surface area contributed by atoms with Crippen molar-refractivity contribution in [2.24, 2.45) is 0 Å². The third-order valence-electron chi connectivity index (χ3n) is 6.56. The standard InChI is InChI=1S/C25H30N4O3.C2HF3O2/c1-19-4-2-3-5-21(19)7-9-24(30)29-12-13-31-18-25(17-29)11-10-22(32-25)16-28-23-8-6-20(14-26)15-27-23;3-2(4,5)1(6)7/h2-6,8,15,22H,7,9-13,16-18H2,1H3,(H,27,28);(H,6,7)/t22-,25-;/m0./s1. The summed E-state index contributed by atoms with van der Waals surface area (Å²) < 4.78 is 44.0. The van der Waals surface area contributed by atoms with Gasteiger partial charge in [0.2, 0.25) is 5.91 Å². The van der Waals surface area contributed by atoms with Crippen LogP contribution in [0.3, 0.4) is 0 Å². The topological polar surface area (TPSA) is 125 Å². The van der Waals surface area contributed by atoms with E-state index in [4.69, 9.17) is 24.6 Å². The fraction of sp³-hybridized carbons (Fsp3) is 0.481. The third kappa shape index (κ3) is 8.94. The number of aromatic nitrogens is 1. The number of anilines is 1. The number of aryl methyl sites for hydroxylation is 2. The number of amides is 1. The molecular weight excluding hydrogens is 517 g/mol. The second kappa shape index (κ2) is 13.4. The third-order valence-corrected chi connectivity index (χ3v) is 6.56. The van der Waals surface area contributed by atoms with Crippen molar-refractivity contribution in [1.82, 2.24) is 9.88 Å². The van der Waals surface area contributed by atoms with Crippen LogP contribution in [-0.4, -0.2) is 77.6 Å². The number of carboxylic acid groups (broad SMARTS) is 1. The molecule has 1 amide bonds. The maximum Gasteiger partial charge on any atom is 0.490 e. The quantitative estimate of drug-likeness (QED) is 0.560. The van der Waals surface area contributed by atoms with E-state index in [-0.39, 0.29) is 12.0 Å². The summed E-state index contributed by atoms with van der Waals surface area (Å²) in [6.45, 7) is 4.95. The van der Waals surface area contributed by atoms with Crippen LogP contribution in [0.1, 0.15) is 36.0 Å². The summed E-state index contributed by atoms with van der Waals surface area (Å²) in [4.78, 5) is 28.1. The number of alkyl halides is 3. The highest BCUT2D eigenvalue weighted by molar-refractivity contribution is 5.76. The molecule has 0 saturated carbocycles. The van der Waals surface area contributed by atoms with E-state index in [1.165, 1.54) is 11.1 Å². The van der Waals surface area contributed by atoms with Gasteiger partial charge in [0.05, 0.1) is 31.4 Å². The Morgan fingerprint density at radius 2 is 2.03 bits per heavy atom. The molecule has 210 valence electrons. The van der Waals surface area contributed by atoms with Gasteiger partial charge in [-0.1, -0.05) is 24.3 Å². The van der Waals surface area contributed by atoms with Crippen molar-refractivity contribution in [2.75, 3.05) is 38.2 Å². The van der Waals surface area contributed by atoms with Crippen molar-refractivity contribution in [1.29, 1.82) is 5.26 Å². The number of carbonyl (C=O) groups excluding carboxylic acids is 1. The largest absolute Gasteiger partial charge is 0.490 e. The number of nitrogens with zero attached hydrogens (tertiary/aromatic N) is 3. The normalized spacial score (nSPS) is 20.9. The molecule has 0 unspecified atom stereocenters. The predicted octanol–water partition coefficient (Wildman–Crippen LogP) is 3.72. The van der Waals surface area contributed by atoms with Crippen LogP contribution < -0.4 is 5.32 Å². The lowest BCUT2D eigenvalue weighted by molar-refractivity contribution is -0.192. The Bertz CT molecular complexity index is 1170. The smallest absolute Gasteiger partial charge is 0.475 e. The first-order chi connectivity index (χ1) is 18.5. The highest BCUT2D eigenvalue weighted by Gasteiger charge is 2.44. The fourth-order valence-electron chi connectivity index (χ4n) is 4.45. The van der Waals surface area contributed by atoms with E-state index in [1.807, 2.05) is 17.0 Å². The number of rotatable bonds is 6. The lowest BCUT2D eigenvalue weighted by Crippen LogP contribution is -2.47. The van der Waals surface area contributed by atoms with Gasteiger partial charge in [0.1, 0.15) is 17.5 Å². The summed E-state index contributed by atoms with van der Waals surface area (Å²) in [5.74, 6) is -1.88. The van der Waals surface area contributed by atoms with Gasteiger partial charge in [-0.25, -0.2) is 9.78 Å². The molecule has 2 fully saturated rings. The van der Waals surface area contributed by atoms with Crippen LogP contribution in [0.5, 0.6) is 0 Å². The van der Waals surface area contributed by atoms with E-state index in [1.54, 1.807) is 18.3 Å². The number of nitrogens with one attached hydrogen (secondary N) is 1. The summed E-state index contributed by atoms with van der Waals surface area (Å²) in [6, 6.07) is 13.8. The number of carboxylic acids is 1. The van der Waals surface area contributed by atoms with E-state index < -0.39 is 17.7 Å². The minimum absolute atomic E-state index is 0.0260. The zero-order valence-electron chi connectivity index (χ0n) is 21.5. The van der Waals surface area contributed by atoms with Crippen molar-refractivity contribution >= 4 is 17.7 Å². The molecule has 9 nitrogen and oxygen atoms in total. The van der Waals surface area contributed by atoms with Crippen LogP contribution >= 0.6 is 0 Å². The molecule has 2 aliphatic heterocycles. The lowest BCUT2D eigenvalue weighted by atomic mass is 9.99. The average Bonchev–Trinajstić information content (AvgIpc) is 3.18. The first-order valence-corrected chi connectivity index (χ1v) is 12.5. The number of hydrogen-bond acceptors (Lipinski definition) is 7. The number of pyridine rings is 1. The monoisotopic (exact) mass is 548 g/mol. The number of benzene rings is 1. The molecule has 1 spiro atoms. The van der Waals surface area contributed by atoms with Crippen LogP contribution in [0, 0.1) is 18.3 Å². The van der Waals surface area contributed by atoms with E-state index in [2.05, 4.69) is 35.4 Å². The molecule has 2 N–H and O–H groups in total. The molecule has 1 aromatic carbocycles. The summed E-state index contributed by atoms with van der Waals surface area (Å²) in [5, 5.41) is 19.3. The maximum atomic E-state index is 13.0.